The summed E-state index contributed by atoms with van der Waals surface area (Å²) in [5, 5.41) is 6.52. The first-order valence-corrected chi connectivity index (χ1v) is 10.2. The molecule has 11 heteroatoms. The Labute approximate surface area is 190 Å². The van der Waals surface area contributed by atoms with Crippen LogP contribution in [0.2, 0.25) is 5.02 Å². The number of likely N-dealkylation sites (tertiary alicyclic amines) is 1. The minimum Gasteiger partial charge on any atom is -0.322 e. The number of nitrogens with one attached hydrogen (secondary N) is 1. The largest absolute Gasteiger partial charge is 0.434 e. The van der Waals surface area contributed by atoms with Gasteiger partial charge in [0.15, 0.2) is 5.69 Å². The van der Waals surface area contributed by atoms with E-state index >= 15 is 0 Å². The number of hydrogen-bond acceptors (Lipinski definition) is 4. The van der Waals surface area contributed by atoms with E-state index in [1.54, 1.807) is 12.1 Å². The predicted octanol–water partition coefficient (Wildman–Crippen LogP) is 4.45. The summed E-state index contributed by atoms with van der Waals surface area (Å²) in [5.74, 6) is -1.50. The third kappa shape index (κ3) is 4.75. The molecular formula is C22H16ClF3N4O3. The number of amides is 3. The highest BCUT2D eigenvalue weighted by Gasteiger charge is 2.40. The lowest BCUT2D eigenvalue weighted by atomic mass is 10.1. The van der Waals surface area contributed by atoms with Crippen molar-refractivity contribution >= 4 is 35.0 Å². The molecule has 1 aliphatic heterocycles. The van der Waals surface area contributed by atoms with Crippen LogP contribution < -0.4 is 5.32 Å². The van der Waals surface area contributed by atoms with Crippen molar-refractivity contribution in [2.75, 3.05) is 5.32 Å². The second-order valence-electron chi connectivity index (χ2n) is 7.32. The molecule has 1 aliphatic rings. The summed E-state index contributed by atoms with van der Waals surface area (Å²) >= 11 is 5.80. The van der Waals surface area contributed by atoms with Crippen molar-refractivity contribution < 1.29 is 27.6 Å². The molecule has 0 saturated carbocycles. The number of carbonyl (C=O) groups is 3. The van der Waals surface area contributed by atoms with E-state index in [4.69, 9.17) is 11.6 Å². The predicted molar refractivity (Wildman–Crippen MR) is 113 cm³/mol. The van der Waals surface area contributed by atoms with Crippen LogP contribution in [0.15, 0.2) is 54.7 Å². The Morgan fingerprint density at radius 1 is 1.00 bits per heavy atom. The molecule has 1 aromatic heterocycles. The standard InChI is InChI=1S/C22H16ClF3N4O3/c23-14-3-7-16(8-4-14)30-20(22(24,25)26)17(11-27-30)21(33)28-15-5-1-13(2-6-15)12-29-18(31)9-10-19(29)32/h1-8,11H,9-10,12H2,(H,28,33). The van der Waals surface area contributed by atoms with Crippen LogP contribution in [0.4, 0.5) is 18.9 Å². The van der Waals surface area contributed by atoms with Crippen molar-refractivity contribution in [3.05, 3.63) is 76.6 Å². The Balaban J connectivity index is 1.54. The van der Waals surface area contributed by atoms with Gasteiger partial charge >= 0.3 is 6.18 Å². The van der Waals surface area contributed by atoms with E-state index in [1.807, 2.05) is 0 Å². The molecule has 0 radical (unpaired) electrons. The molecule has 0 unspecified atom stereocenters. The molecule has 33 heavy (non-hydrogen) atoms. The zero-order valence-electron chi connectivity index (χ0n) is 16.9. The van der Waals surface area contributed by atoms with Crippen LogP contribution in [0.3, 0.4) is 0 Å². The Morgan fingerprint density at radius 3 is 2.18 bits per heavy atom. The van der Waals surface area contributed by atoms with Gasteiger partial charge in [0.05, 0.1) is 24.0 Å². The van der Waals surface area contributed by atoms with Gasteiger partial charge in [-0.25, -0.2) is 4.68 Å². The summed E-state index contributed by atoms with van der Waals surface area (Å²) in [6.07, 6.45) is -3.64. The molecule has 4 rings (SSSR count). The number of hydrogen-bond donors (Lipinski definition) is 1. The Morgan fingerprint density at radius 2 is 1.61 bits per heavy atom. The van der Waals surface area contributed by atoms with Gasteiger partial charge in [0, 0.05) is 23.6 Å². The summed E-state index contributed by atoms with van der Waals surface area (Å²) in [5.41, 5.74) is -0.876. The number of nitrogens with zero attached hydrogens (tertiary/aromatic N) is 3. The van der Waals surface area contributed by atoms with Crippen LogP contribution in [-0.4, -0.2) is 32.4 Å². The SMILES string of the molecule is O=C(Nc1ccc(CN2C(=O)CCC2=O)cc1)c1cnn(-c2ccc(Cl)cc2)c1C(F)(F)F. The van der Waals surface area contributed by atoms with Crippen LogP contribution in [-0.2, 0) is 22.3 Å². The highest BCUT2D eigenvalue weighted by atomic mass is 35.5. The van der Waals surface area contributed by atoms with Crippen molar-refractivity contribution in [2.45, 2.75) is 25.6 Å². The lowest BCUT2D eigenvalue weighted by Gasteiger charge is -2.14. The number of imide groups is 1. The molecule has 2 heterocycles. The number of benzene rings is 2. The Bertz CT molecular complexity index is 1210. The van der Waals surface area contributed by atoms with Crippen molar-refractivity contribution in [3.63, 3.8) is 0 Å². The zero-order valence-corrected chi connectivity index (χ0v) is 17.7. The van der Waals surface area contributed by atoms with Crippen molar-refractivity contribution in [1.82, 2.24) is 14.7 Å². The minimum absolute atomic E-state index is 0.0952. The highest BCUT2D eigenvalue weighted by Crippen LogP contribution is 2.34. The minimum atomic E-state index is -4.85. The van der Waals surface area contributed by atoms with Gasteiger partial charge in [0.25, 0.3) is 5.91 Å². The fourth-order valence-corrected chi connectivity index (χ4v) is 3.57. The van der Waals surface area contributed by atoms with Gasteiger partial charge in [-0.1, -0.05) is 23.7 Å². The van der Waals surface area contributed by atoms with Crippen molar-refractivity contribution in [3.8, 4) is 5.69 Å². The molecule has 7 nitrogen and oxygen atoms in total. The Hall–Kier alpha value is -3.66. The lowest BCUT2D eigenvalue weighted by Crippen LogP contribution is -2.28. The first-order chi connectivity index (χ1) is 15.6. The van der Waals surface area contributed by atoms with E-state index in [9.17, 15) is 27.6 Å². The molecule has 1 saturated heterocycles. The molecule has 0 bridgehead atoms. The Kier molecular flexibility index (Phi) is 5.94. The quantitative estimate of drug-likeness (QED) is 0.552. The van der Waals surface area contributed by atoms with Gasteiger partial charge in [-0.15, -0.1) is 0 Å². The number of carbonyl (C=O) groups excluding carboxylic acids is 3. The van der Waals surface area contributed by atoms with E-state index in [-0.39, 0.29) is 42.6 Å². The van der Waals surface area contributed by atoms with E-state index in [2.05, 4.69) is 10.4 Å². The molecule has 3 amide bonds. The molecule has 0 aliphatic carbocycles. The van der Waals surface area contributed by atoms with Crippen molar-refractivity contribution in [2.24, 2.45) is 0 Å². The fourth-order valence-electron chi connectivity index (χ4n) is 3.44. The summed E-state index contributed by atoms with van der Waals surface area (Å²) in [6, 6.07) is 11.7. The third-order valence-electron chi connectivity index (χ3n) is 5.06. The maximum atomic E-state index is 13.8. The van der Waals surface area contributed by atoms with Gasteiger partial charge in [0.2, 0.25) is 11.8 Å². The van der Waals surface area contributed by atoms with Crippen LogP contribution in [0.5, 0.6) is 0 Å². The molecule has 3 aromatic rings. The van der Waals surface area contributed by atoms with Crippen LogP contribution in [0, 0.1) is 0 Å². The first-order valence-electron chi connectivity index (χ1n) is 9.78. The van der Waals surface area contributed by atoms with E-state index in [0.717, 1.165) is 11.1 Å². The van der Waals surface area contributed by atoms with E-state index in [1.165, 1.54) is 36.4 Å². The number of anilines is 1. The molecule has 1 N–H and O–H groups in total. The van der Waals surface area contributed by atoms with Gasteiger partial charge in [-0.05, 0) is 42.0 Å². The first kappa shape index (κ1) is 22.5. The normalized spacial score (nSPS) is 14.1. The molecule has 1 fully saturated rings. The molecule has 2 aromatic carbocycles. The van der Waals surface area contributed by atoms with Crippen LogP contribution >= 0.6 is 11.6 Å². The molecule has 0 spiro atoms. The lowest BCUT2D eigenvalue weighted by molar-refractivity contribution is -0.143. The summed E-state index contributed by atoms with van der Waals surface area (Å²) in [6.45, 7) is 0.0952. The number of aromatic nitrogens is 2. The smallest absolute Gasteiger partial charge is 0.322 e. The number of halogens is 4. The van der Waals surface area contributed by atoms with Gasteiger partial charge in [0.1, 0.15) is 0 Å². The van der Waals surface area contributed by atoms with Gasteiger partial charge in [-0.3, -0.25) is 19.3 Å². The monoisotopic (exact) mass is 476 g/mol. The van der Waals surface area contributed by atoms with Gasteiger partial charge in [-0.2, -0.15) is 18.3 Å². The summed E-state index contributed by atoms with van der Waals surface area (Å²) < 4.78 is 42.0. The number of alkyl halides is 3. The topological polar surface area (TPSA) is 84.3 Å². The third-order valence-corrected chi connectivity index (χ3v) is 5.31. The summed E-state index contributed by atoms with van der Waals surface area (Å²) in [7, 11) is 0. The van der Waals surface area contributed by atoms with Crippen molar-refractivity contribution in [1.29, 1.82) is 0 Å². The van der Waals surface area contributed by atoms with E-state index in [0.29, 0.717) is 15.3 Å². The fraction of sp³-hybridized carbons (Fsp3) is 0.182. The average molecular weight is 477 g/mol. The summed E-state index contributed by atoms with van der Waals surface area (Å²) in [4.78, 5) is 37.3. The second-order valence-corrected chi connectivity index (χ2v) is 7.75. The van der Waals surface area contributed by atoms with Crippen LogP contribution in [0.25, 0.3) is 5.69 Å². The second kappa shape index (κ2) is 8.70. The maximum Gasteiger partial charge on any atom is 0.434 e. The number of rotatable bonds is 5. The van der Waals surface area contributed by atoms with E-state index < -0.39 is 23.3 Å². The van der Waals surface area contributed by atoms with Crippen LogP contribution in [0.1, 0.15) is 34.5 Å². The molecular weight excluding hydrogens is 461 g/mol. The molecule has 0 atom stereocenters. The highest BCUT2D eigenvalue weighted by molar-refractivity contribution is 6.30. The average Bonchev–Trinajstić information content (AvgIpc) is 3.35. The van der Waals surface area contributed by atoms with Gasteiger partial charge < -0.3 is 5.32 Å². The molecule has 170 valence electrons. The maximum absolute atomic E-state index is 13.8. The zero-order chi connectivity index (χ0) is 23.8.